The highest BCUT2D eigenvalue weighted by atomic mass is 19.1. The van der Waals surface area contributed by atoms with E-state index < -0.39 is 22.9 Å². The highest BCUT2D eigenvalue weighted by Crippen LogP contribution is 2.26. The van der Waals surface area contributed by atoms with Gasteiger partial charge in [-0.3, -0.25) is 9.59 Å². The fourth-order valence-corrected chi connectivity index (χ4v) is 4.11. The van der Waals surface area contributed by atoms with Crippen LogP contribution in [0.2, 0.25) is 0 Å². The molecule has 0 aliphatic carbocycles. The summed E-state index contributed by atoms with van der Waals surface area (Å²) in [5.41, 5.74) is 1.83. The number of aliphatic hydroxyl groups excluding tert-OH is 1. The second-order valence-corrected chi connectivity index (χ2v) is 8.14. The van der Waals surface area contributed by atoms with Crippen molar-refractivity contribution in [3.05, 3.63) is 81.9 Å². The molecule has 34 heavy (non-hydrogen) atoms. The van der Waals surface area contributed by atoms with Gasteiger partial charge in [-0.25, -0.2) is 9.18 Å². The Bertz CT molecular complexity index is 1320. The number of nitrogens with zero attached hydrogens (tertiary/aromatic N) is 2. The Morgan fingerprint density at radius 2 is 1.82 bits per heavy atom. The van der Waals surface area contributed by atoms with Crippen LogP contribution in [0.25, 0.3) is 16.7 Å². The standard InChI is InChI=1S/C26H25FN2O5/c1-2-34-26(33)24(31)14-23(30)21-16-29(15-17-5-7-18(27)8-6-17)22-13-19(28-11-3-4-12-28)9-10-20(22)25(21)32/h5-10,13-14,16,30H,2-4,11-12,15H2,1H3. The molecule has 176 valence electrons. The number of ether oxygens (including phenoxy) is 1. The summed E-state index contributed by atoms with van der Waals surface area (Å²) in [5.74, 6) is -3.16. The zero-order valence-electron chi connectivity index (χ0n) is 18.8. The molecule has 1 saturated heterocycles. The third kappa shape index (κ3) is 4.85. The molecule has 1 N–H and O–H groups in total. The average Bonchev–Trinajstić information content (AvgIpc) is 3.37. The predicted octanol–water partition coefficient (Wildman–Crippen LogP) is 3.82. The van der Waals surface area contributed by atoms with Gasteiger partial charge in [0, 0.05) is 43.0 Å². The third-order valence-electron chi connectivity index (χ3n) is 5.82. The summed E-state index contributed by atoms with van der Waals surface area (Å²) in [6, 6.07) is 11.5. The molecule has 4 rings (SSSR count). The molecule has 1 aliphatic heterocycles. The monoisotopic (exact) mass is 464 g/mol. The topological polar surface area (TPSA) is 88.8 Å². The van der Waals surface area contributed by atoms with Crippen LogP contribution in [-0.2, 0) is 20.9 Å². The first-order chi connectivity index (χ1) is 16.4. The van der Waals surface area contributed by atoms with Gasteiger partial charge in [0.25, 0.3) is 5.78 Å². The van der Waals surface area contributed by atoms with Gasteiger partial charge in [-0.15, -0.1) is 0 Å². The summed E-state index contributed by atoms with van der Waals surface area (Å²) in [6.07, 6.45) is 4.35. The van der Waals surface area contributed by atoms with Crippen LogP contribution < -0.4 is 10.3 Å². The molecule has 0 atom stereocenters. The van der Waals surface area contributed by atoms with Gasteiger partial charge in [0.1, 0.15) is 11.6 Å². The molecule has 1 fully saturated rings. The van der Waals surface area contributed by atoms with Crippen LogP contribution in [0.5, 0.6) is 0 Å². The molecule has 3 aromatic rings. The molecule has 0 spiro atoms. The number of aliphatic hydroxyl groups is 1. The maximum Gasteiger partial charge on any atom is 0.379 e. The Balaban J connectivity index is 1.83. The van der Waals surface area contributed by atoms with Crippen molar-refractivity contribution in [2.45, 2.75) is 26.3 Å². The number of benzene rings is 2. The lowest BCUT2D eigenvalue weighted by Gasteiger charge is -2.20. The van der Waals surface area contributed by atoms with Crippen molar-refractivity contribution in [3.8, 4) is 0 Å². The normalized spacial score (nSPS) is 13.9. The molecule has 2 aromatic carbocycles. The maximum atomic E-state index is 13.4. The molecule has 0 radical (unpaired) electrons. The minimum atomic E-state index is -1.11. The number of carbonyl (C=O) groups is 2. The number of hydrogen-bond acceptors (Lipinski definition) is 6. The Kier molecular flexibility index (Phi) is 6.77. The van der Waals surface area contributed by atoms with E-state index in [-0.39, 0.29) is 18.0 Å². The summed E-state index contributed by atoms with van der Waals surface area (Å²) in [6.45, 7) is 3.74. The number of rotatable bonds is 7. The Labute approximate surface area is 195 Å². The smallest absolute Gasteiger partial charge is 0.379 e. The highest BCUT2D eigenvalue weighted by molar-refractivity contribution is 6.39. The van der Waals surface area contributed by atoms with Crippen LogP contribution in [0.1, 0.15) is 30.9 Å². The molecule has 8 heteroatoms. The summed E-state index contributed by atoms with van der Waals surface area (Å²) in [4.78, 5) is 39.2. The number of fused-ring (bicyclic) bond motifs is 1. The minimum Gasteiger partial charge on any atom is -0.507 e. The number of anilines is 1. The average molecular weight is 464 g/mol. The van der Waals surface area contributed by atoms with Crippen molar-refractivity contribution < 1.29 is 23.8 Å². The molecular weight excluding hydrogens is 439 g/mol. The highest BCUT2D eigenvalue weighted by Gasteiger charge is 2.19. The van der Waals surface area contributed by atoms with E-state index in [1.54, 1.807) is 29.7 Å². The van der Waals surface area contributed by atoms with Crippen molar-refractivity contribution in [2.75, 3.05) is 24.6 Å². The number of pyridine rings is 1. The van der Waals surface area contributed by atoms with Crippen LogP contribution in [-0.4, -0.2) is 41.1 Å². The van der Waals surface area contributed by atoms with Gasteiger partial charge >= 0.3 is 5.97 Å². The lowest BCUT2D eigenvalue weighted by molar-refractivity contribution is -0.151. The number of hydrogen-bond donors (Lipinski definition) is 1. The minimum absolute atomic E-state index is 0.0129. The molecule has 0 unspecified atom stereocenters. The SMILES string of the molecule is CCOC(=O)C(=O)C=C(O)c1cn(Cc2ccc(F)cc2)c2cc(N3CCCC3)ccc2c1=O. The maximum absolute atomic E-state index is 13.4. The van der Waals surface area contributed by atoms with E-state index >= 15 is 0 Å². The van der Waals surface area contributed by atoms with Crippen molar-refractivity contribution in [2.24, 2.45) is 0 Å². The number of carbonyl (C=O) groups excluding carboxylic acids is 2. The van der Waals surface area contributed by atoms with E-state index in [9.17, 15) is 23.9 Å². The Hall–Kier alpha value is -3.94. The van der Waals surface area contributed by atoms with Crippen LogP contribution in [0.3, 0.4) is 0 Å². The molecule has 7 nitrogen and oxygen atoms in total. The van der Waals surface area contributed by atoms with E-state index in [0.29, 0.717) is 23.5 Å². The predicted molar refractivity (Wildman–Crippen MR) is 127 cm³/mol. The molecular formula is C26H25FN2O5. The van der Waals surface area contributed by atoms with Crippen molar-refractivity contribution in [1.29, 1.82) is 0 Å². The van der Waals surface area contributed by atoms with E-state index in [0.717, 1.165) is 37.2 Å². The fraction of sp³-hybridized carbons (Fsp3) is 0.269. The van der Waals surface area contributed by atoms with Crippen molar-refractivity contribution in [1.82, 2.24) is 4.57 Å². The quantitative estimate of drug-likeness (QED) is 0.248. The second kappa shape index (κ2) is 9.91. The number of ketones is 1. The van der Waals surface area contributed by atoms with Crippen LogP contribution >= 0.6 is 0 Å². The van der Waals surface area contributed by atoms with Crippen molar-refractivity contribution >= 4 is 34.1 Å². The Morgan fingerprint density at radius 1 is 1.12 bits per heavy atom. The Morgan fingerprint density at radius 3 is 2.50 bits per heavy atom. The second-order valence-electron chi connectivity index (χ2n) is 8.14. The third-order valence-corrected chi connectivity index (χ3v) is 5.82. The molecule has 1 aromatic heterocycles. The van der Waals surface area contributed by atoms with Gasteiger partial charge in [-0.05, 0) is 55.7 Å². The zero-order valence-corrected chi connectivity index (χ0v) is 18.8. The number of halogens is 1. The first-order valence-electron chi connectivity index (χ1n) is 11.2. The lowest BCUT2D eigenvalue weighted by atomic mass is 10.1. The fourth-order valence-electron chi connectivity index (χ4n) is 4.11. The summed E-state index contributed by atoms with van der Waals surface area (Å²) < 4.78 is 19.8. The van der Waals surface area contributed by atoms with Gasteiger partial charge in [0.05, 0.1) is 17.7 Å². The van der Waals surface area contributed by atoms with Crippen LogP contribution in [0.15, 0.2) is 59.5 Å². The number of esters is 1. The first-order valence-corrected chi connectivity index (χ1v) is 11.2. The number of aromatic nitrogens is 1. The molecule has 1 aliphatic rings. The van der Waals surface area contributed by atoms with Gasteiger partial charge in [-0.2, -0.15) is 0 Å². The lowest BCUT2D eigenvalue weighted by Crippen LogP contribution is -2.20. The van der Waals surface area contributed by atoms with E-state index in [2.05, 4.69) is 9.64 Å². The van der Waals surface area contributed by atoms with Gasteiger partial charge < -0.3 is 19.3 Å². The van der Waals surface area contributed by atoms with Gasteiger partial charge in [0.15, 0.2) is 5.43 Å². The summed E-state index contributed by atoms with van der Waals surface area (Å²) in [5, 5.41) is 10.9. The van der Waals surface area contributed by atoms with E-state index in [1.165, 1.54) is 18.3 Å². The summed E-state index contributed by atoms with van der Waals surface area (Å²) in [7, 11) is 0. The van der Waals surface area contributed by atoms with Gasteiger partial charge in [-0.1, -0.05) is 12.1 Å². The van der Waals surface area contributed by atoms with Gasteiger partial charge in [0.2, 0.25) is 0 Å². The molecule has 2 heterocycles. The van der Waals surface area contributed by atoms with E-state index in [4.69, 9.17) is 0 Å². The van der Waals surface area contributed by atoms with Crippen molar-refractivity contribution in [3.63, 3.8) is 0 Å². The zero-order chi connectivity index (χ0) is 24.2. The largest absolute Gasteiger partial charge is 0.507 e. The molecule has 0 amide bonds. The van der Waals surface area contributed by atoms with Crippen LogP contribution in [0, 0.1) is 5.82 Å². The molecule has 0 bridgehead atoms. The van der Waals surface area contributed by atoms with E-state index in [1.807, 2.05) is 12.1 Å². The van der Waals surface area contributed by atoms with Crippen LogP contribution in [0.4, 0.5) is 10.1 Å². The first kappa shape index (κ1) is 23.2. The summed E-state index contributed by atoms with van der Waals surface area (Å²) >= 11 is 0. The molecule has 0 saturated carbocycles.